The fourth-order valence-electron chi connectivity index (χ4n) is 4.56. The van der Waals surface area contributed by atoms with Gasteiger partial charge in [0.25, 0.3) is 5.91 Å². The normalized spacial score (nSPS) is 25.2. The van der Waals surface area contributed by atoms with Crippen molar-refractivity contribution in [3.05, 3.63) is 17.7 Å². The molecule has 142 valence electrons. The minimum atomic E-state index is -0.929. The number of anilines is 2. The summed E-state index contributed by atoms with van der Waals surface area (Å²) >= 11 is 0. The zero-order valence-electron chi connectivity index (χ0n) is 15.9. The Balaban J connectivity index is 1.99. The highest BCUT2D eigenvalue weighted by Crippen LogP contribution is 2.41. The van der Waals surface area contributed by atoms with E-state index < -0.39 is 17.7 Å². The van der Waals surface area contributed by atoms with Crippen molar-refractivity contribution in [3.63, 3.8) is 0 Å². The molecule has 1 unspecified atom stereocenters. The summed E-state index contributed by atoms with van der Waals surface area (Å²) in [6, 6.07) is 3.05. The number of quaternary nitrogens is 1. The van der Waals surface area contributed by atoms with Gasteiger partial charge in [-0.05, 0) is 44.9 Å². The lowest BCUT2D eigenvalue weighted by molar-refractivity contribution is -0.906. The van der Waals surface area contributed by atoms with Crippen molar-refractivity contribution in [2.45, 2.75) is 51.6 Å². The van der Waals surface area contributed by atoms with Gasteiger partial charge in [-0.25, -0.2) is 4.48 Å². The molecule has 0 bridgehead atoms. The molecular weight excluding hydrogens is 334 g/mol. The number of benzene rings is 1. The highest BCUT2D eigenvalue weighted by Gasteiger charge is 2.60. The third kappa shape index (κ3) is 2.53. The first-order valence-electron chi connectivity index (χ1n) is 9.02. The number of likely N-dealkylation sites (tertiary alicyclic amines) is 1. The first kappa shape index (κ1) is 18.5. The molecule has 2 aliphatic rings. The molecule has 0 aliphatic carbocycles. The minimum absolute atomic E-state index is 0.122. The molecule has 2 amide bonds. The van der Waals surface area contributed by atoms with Gasteiger partial charge >= 0.3 is 6.09 Å². The van der Waals surface area contributed by atoms with Gasteiger partial charge in [-0.15, -0.1) is 0 Å². The number of nitrogens with two attached hydrogens (primary N) is 1. The number of ether oxygens (including phenoxy) is 1. The van der Waals surface area contributed by atoms with Crippen LogP contribution in [0.4, 0.5) is 16.2 Å². The number of fused-ring (bicyclic) bond motifs is 1. The van der Waals surface area contributed by atoms with Crippen LogP contribution in [-0.4, -0.2) is 53.4 Å². The molecule has 2 atom stereocenters. The van der Waals surface area contributed by atoms with Crippen LogP contribution >= 0.6 is 0 Å². The topological polar surface area (TPSA) is 92.9 Å². The number of nitrogen functional groups attached to an aromatic ring is 1. The van der Waals surface area contributed by atoms with Crippen LogP contribution in [-0.2, 0) is 11.2 Å². The Labute approximate surface area is 153 Å². The van der Waals surface area contributed by atoms with E-state index >= 15 is 0 Å². The zero-order valence-corrected chi connectivity index (χ0v) is 15.9. The van der Waals surface area contributed by atoms with E-state index in [1.807, 2.05) is 26.8 Å². The van der Waals surface area contributed by atoms with Crippen molar-refractivity contribution in [1.29, 1.82) is 0 Å². The van der Waals surface area contributed by atoms with Crippen LogP contribution in [0.2, 0.25) is 0 Å². The zero-order chi connectivity index (χ0) is 19.3. The van der Waals surface area contributed by atoms with E-state index in [0.29, 0.717) is 37.4 Å². The monoisotopic (exact) mass is 362 g/mol. The van der Waals surface area contributed by atoms with E-state index in [9.17, 15) is 14.7 Å². The minimum Gasteiger partial charge on any atom is -0.495 e. The van der Waals surface area contributed by atoms with E-state index in [1.54, 1.807) is 18.1 Å². The summed E-state index contributed by atoms with van der Waals surface area (Å²) in [5, 5.41) is 10.0. The van der Waals surface area contributed by atoms with Crippen LogP contribution in [0.5, 0.6) is 5.75 Å². The lowest BCUT2D eigenvalue weighted by Crippen LogP contribution is -2.69. The summed E-state index contributed by atoms with van der Waals surface area (Å²) in [7, 11) is 1.57. The number of methoxy groups -OCH3 is 1. The van der Waals surface area contributed by atoms with Crippen LogP contribution in [0.15, 0.2) is 12.1 Å². The van der Waals surface area contributed by atoms with E-state index in [1.165, 1.54) is 0 Å². The highest BCUT2D eigenvalue weighted by atomic mass is 16.5. The molecule has 2 heterocycles. The van der Waals surface area contributed by atoms with Crippen LogP contribution in [0.1, 0.15) is 39.2 Å². The molecule has 3 N–H and O–H groups in total. The largest absolute Gasteiger partial charge is 0.514 e. The number of amides is 2. The third-order valence-electron chi connectivity index (χ3n) is 5.94. The first-order valence-corrected chi connectivity index (χ1v) is 9.02. The Morgan fingerprint density at radius 1 is 1.35 bits per heavy atom. The molecule has 0 spiro atoms. The number of carbonyl (C=O) groups excluding carboxylic acids is 1. The predicted molar refractivity (Wildman–Crippen MR) is 99.4 cm³/mol. The summed E-state index contributed by atoms with van der Waals surface area (Å²) in [6.45, 7) is 6.70. The lowest BCUT2D eigenvalue weighted by Gasteiger charge is -2.44. The number of hydrogen-bond donors (Lipinski definition) is 2. The number of nitrogens with zero attached hydrogens (tertiary/aromatic N) is 2. The van der Waals surface area contributed by atoms with Crippen LogP contribution in [0.3, 0.4) is 0 Å². The Morgan fingerprint density at radius 2 is 2.04 bits per heavy atom. The highest BCUT2D eigenvalue weighted by molar-refractivity contribution is 6.00. The van der Waals surface area contributed by atoms with Crippen molar-refractivity contribution in [3.8, 4) is 5.75 Å². The third-order valence-corrected chi connectivity index (χ3v) is 5.94. The smallest absolute Gasteiger partial charge is 0.495 e. The van der Waals surface area contributed by atoms with Gasteiger partial charge in [0.1, 0.15) is 11.3 Å². The molecule has 0 aromatic heterocycles. The van der Waals surface area contributed by atoms with Gasteiger partial charge in [-0.2, -0.15) is 4.79 Å². The second-order valence-corrected chi connectivity index (χ2v) is 8.17. The predicted octanol–water partition coefficient (Wildman–Crippen LogP) is 2.62. The van der Waals surface area contributed by atoms with Gasteiger partial charge in [-0.3, -0.25) is 4.79 Å². The SMILES string of the molecule is COc1cc2c(cc1N)N(C(=O)[C@@H]1CCC[N+]1(C(=O)O)C(C)(C)C)CC2. The maximum absolute atomic E-state index is 13.4. The molecule has 1 saturated heterocycles. The van der Waals surface area contributed by atoms with Crippen molar-refractivity contribution in [2.24, 2.45) is 0 Å². The van der Waals surface area contributed by atoms with Crippen LogP contribution in [0, 0.1) is 0 Å². The van der Waals surface area contributed by atoms with E-state index in [2.05, 4.69) is 0 Å². The van der Waals surface area contributed by atoms with Crippen molar-refractivity contribution in [2.75, 3.05) is 30.8 Å². The Bertz CT molecular complexity index is 756. The standard InChI is InChI=1S/C19H27N3O4/c1-19(2,3)22(18(24)25)9-5-6-15(22)17(23)21-8-7-12-10-16(26-4)13(20)11-14(12)21/h10-11,15H,5-9,20H2,1-4H3/p+1/t15-,22?/m0/s1. The maximum atomic E-state index is 13.4. The van der Waals surface area contributed by atoms with Gasteiger partial charge in [0, 0.05) is 25.1 Å². The van der Waals surface area contributed by atoms with E-state index in [-0.39, 0.29) is 10.4 Å². The van der Waals surface area contributed by atoms with Crippen molar-refractivity contribution >= 4 is 23.4 Å². The lowest BCUT2D eigenvalue weighted by atomic mass is 9.99. The summed E-state index contributed by atoms with van der Waals surface area (Å²) in [5.74, 6) is 0.479. The molecule has 1 aromatic rings. The molecule has 2 aliphatic heterocycles. The Hall–Kier alpha value is -2.28. The summed E-state index contributed by atoms with van der Waals surface area (Å²) < 4.78 is 5.05. The van der Waals surface area contributed by atoms with Crippen LogP contribution in [0.25, 0.3) is 0 Å². The molecular formula is C19H28N3O4+. The van der Waals surface area contributed by atoms with Gasteiger partial charge < -0.3 is 20.5 Å². The molecule has 3 rings (SSSR count). The van der Waals surface area contributed by atoms with Gasteiger partial charge in [0.15, 0.2) is 6.04 Å². The summed E-state index contributed by atoms with van der Waals surface area (Å²) in [5.41, 5.74) is 7.72. The average Bonchev–Trinajstić information content (AvgIpc) is 3.17. The fraction of sp³-hybridized carbons (Fsp3) is 0.579. The van der Waals surface area contributed by atoms with Crippen LogP contribution < -0.4 is 15.4 Å². The first-order chi connectivity index (χ1) is 12.1. The molecule has 1 aromatic carbocycles. The average molecular weight is 362 g/mol. The molecule has 26 heavy (non-hydrogen) atoms. The van der Waals surface area contributed by atoms with Gasteiger partial charge in [0.05, 0.1) is 19.3 Å². The second-order valence-electron chi connectivity index (χ2n) is 8.17. The molecule has 7 heteroatoms. The fourth-order valence-corrected chi connectivity index (χ4v) is 4.56. The Kier molecular flexibility index (Phi) is 4.38. The Morgan fingerprint density at radius 3 is 2.62 bits per heavy atom. The number of rotatable bonds is 2. The number of carboxylic acid groups (broad SMARTS) is 1. The molecule has 1 fully saturated rings. The summed E-state index contributed by atoms with van der Waals surface area (Å²) in [6.07, 6.45) is 1.10. The molecule has 0 radical (unpaired) electrons. The van der Waals surface area contributed by atoms with Gasteiger partial charge in [-0.1, -0.05) is 0 Å². The quantitative estimate of drug-likeness (QED) is 0.623. The van der Waals surface area contributed by atoms with Crippen molar-refractivity contribution < 1.29 is 23.9 Å². The van der Waals surface area contributed by atoms with Crippen molar-refractivity contribution in [1.82, 2.24) is 0 Å². The van der Waals surface area contributed by atoms with E-state index in [0.717, 1.165) is 17.7 Å². The maximum Gasteiger partial charge on any atom is 0.514 e. The van der Waals surface area contributed by atoms with E-state index in [4.69, 9.17) is 10.5 Å². The van der Waals surface area contributed by atoms with Gasteiger partial charge in [0.2, 0.25) is 0 Å². The number of hydrogen-bond acceptors (Lipinski definition) is 4. The summed E-state index contributed by atoms with van der Waals surface area (Å²) in [4.78, 5) is 27.4. The second kappa shape index (κ2) is 6.16. The molecule has 7 nitrogen and oxygen atoms in total. The number of carbonyl (C=O) groups is 2. The molecule has 0 saturated carbocycles.